The van der Waals surface area contributed by atoms with Crippen LogP contribution in [0.25, 0.3) is 10.9 Å². The third-order valence-corrected chi connectivity index (χ3v) is 4.06. The van der Waals surface area contributed by atoms with Crippen LogP contribution in [0.2, 0.25) is 0 Å². The zero-order valence-electron chi connectivity index (χ0n) is 14.9. The number of ether oxygens (including phenoxy) is 1. The van der Waals surface area contributed by atoms with Crippen molar-refractivity contribution in [2.24, 2.45) is 0 Å². The first-order valence-corrected chi connectivity index (χ1v) is 8.64. The van der Waals surface area contributed by atoms with Gasteiger partial charge < -0.3 is 10.1 Å². The van der Waals surface area contributed by atoms with Crippen molar-refractivity contribution in [2.75, 3.05) is 6.61 Å². The minimum Gasteiger partial charge on any atom is -0.456 e. The lowest BCUT2D eigenvalue weighted by Gasteiger charge is -2.08. The molecule has 8 heteroatoms. The molecule has 1 heterocycles. The molecule has 1 amide bonds. The Balaban J connectivity index is 1.44. The molecule has 0 bridgehead atoms. The summed E-state index contributed by atoms with van der Waals surface area (Å²) >= 11 is 0. The maximum atomic E-state index is 12.8. The first kappa shape index (κ1) is 19.2. The quantitative estimate of drug-likeness (QED) is 0.628. The Kier molecular flexibility index (Phi) is 6.11. The van der Waals surface area contributed by atoms with Crippen LogP contribution in [-0.2, 0) is 27.4 Å². The van der Waals surface area contributed by atoms with Crippen molar-refractivity contribution in [3.63, 3.8) is 0 Å². The molecule has 2 aromatic carbocycles. The van der Waals surface area contributed by atoms with E-state index < -0.39 is 18.5 Å². The average molecular weight is 383 g/mol. The molecule has 0 saturated carbocycles. The van der Waals surface area contributed by atoms with E-state index in [1.807, 2.05) is 0 Å². The van der Waals surface area contributed by atoms with E-state index >= 15 is 0 Å². The van der Waals surface area contributed by atoms with Gasteiger partial charge in [-0.1, -0.05) is 24.3 Å². The summed E-state index contributed by atoms with van der Waals surface area (Å²) < 4.78 is 19.1. The molecule has 3 rings (SSSR count). The fraction of sp³-hybridized carbons (Fsp3) is 0.200. The van der Waals surface area contributed by atoms with Gasteiger partial charge >= 0.3 is 5.97 Å². The van der Waals surface area contributed by atoms with E-state index in [0.717, 1.165) is 5.56 Å². The molecule has 144 valence electrons. The molecule has 7 nitrogen and oxygen atoms in total. The van der Waals surface area contributed by atoms with Gasteiger partial charge in [0.1, 0.15) is 5.82 Å². The van der Waals surface area contributed by atoms with Gasteiger partial charge in [-0.2, -0.15) is 0 Å². The predicted octanol–water partition coefficient (Wildman–Crippen LogP) is 1.79. The molecule has 3 aromatic rings. The molecule has 0 aliphatic heterocycles. The fourth-order valence-corrected chi connectivity index (χ4v) is 2.55. The first-order chi connectivity index (χ1) is 13.5. The Bertz CT molecular complexity index is 1050. The number of nitrogens with zero attached hydrogens (tertiary/aromatic N) is 2. The van der Waals surface area contributed by atoms with E-state index in [1.54, 1.807) is 36.4 Å². The lowest BCUT2D eigenvalue weighted by molar-refractivity contribution is -0.148. The highest BCUT2D eigenvalue weighted by molar-refractivity contribution is 5.80. The summed E-state index contributed by atoms with van der Waals surface area (Å²) in [4.78, 5) is 40.1. The second kappa shape index (κ2) is 8.90. The van der Waals surface area contributed by atoms with E-state index in [-0.39, 0.29) is 30.9 Å². The molecule has 0 fully saturated rings. The number of aryl methyl sites for hydroxylation is 1. The number of fused-ring (bicyclic) bond motifs is 1. The van der Waals surface area contributed by atoms with Gasteiger partial charge in [-0.3, -0.25) is 19.0 Å². The summed E-state index contributed by atoms with van der Waals surface area (Å²) in [5.74, 6) is -1.43. The van der Waals surface area contributed by atoms with Crippen molar-refractivity contribution in [2.45, 2.75) is 19.5 Å². The Morgan fingerprint density at radius 3 is 2.64 bits per heavy atom. The summed E-state index contributed by atoms with van der Waals surface area (Å²) in [5, 5.41) is 3.04. The van der Waals surface area contributed by atoms with Gasteiger partial charge in [0.15, 0.2) is 6.61 Å². The normalized spacial score (nSPS) is 10.6. The van der Waals surface area contributed by atoms with Crippen molar-refractivity contribution < 1.29 is 18.7 Å². The largest absolute Gasteiger partial charge is 0.456 e. The number of nitrogens with one attached hydrogen (secondary N) is 1. The van der Waals surface area contributed by atoms with Gasteiger partial charge in [-0.25, -0.2) is 9.37 Å². The Hall–Kier alpha value is -3.55. The van der Waals surface area contributed by atoms with E-state index in [2.05, 4.69) is 10.3 Å². The van der Waals surface area contributed by atoms with Crippen LogP contribution in [0.4, 0.5) is 4.39 Å². The van der Waals surface area contributed by atoms with Crippen LogP contribution >= 0.6 is 0 Å². The Morgan fingerprint density at radius 1 is 1.11 bits per heavy atom. The van der Waals surface area contributed by atoms with Gasteiger partial charge in [-0.15, -0.1) is 0 Å². The lowest BCUT2D eigenvalue weighted by Crippen LogP contribution is -2.29. The average Bonchev–Trinajstić information content (AvgIpc) is 2.71. The van der Waals surface area contributed by atoms with E-state index in [4.69, 9.17) is 4.74 Å². The van der Waals surface area contributed by atoms with Gasteiger partial charge in [-0.05, 0) is 29.8 Å². The fourth-order valence-electron chi connectivity index (χ4n) is 2.55. The van der Waals surface area contributed by atoms with Gasteiger partial charge in [0.25, 0.3) is 11.5 Å². The molecule has 0 aliphatic rings. The molecule has 0 aliphatic carbocycles. The predicted molar refractivity (Wildman–Crippen MR) is 99.8 cm³/mol. The van der Waals surface area contributed by atoms with Crippen molar-refractivity contribution >= 4 is 22.8 Å². The van der Waals surface area contributed by atoms with E-state index in [0.29, 0.717) is 10.9 Å². The number of hydrogen-bond acceptors (Lipinski definition) is 5. The topological polar surface area (TPSA) is 90.3 Å². The molecule has 0 unspecified atom stereocenters. The molecule has 28 heavy (non-hydrogen) atoms. The van der Waals surface area contributed by atoms with Gasteiger partial charge in [0.05, 0.1) is 23.7 Å². The van der Waals surface area contributed by atoms with Crippen molar-refractivity contribution in [1.82, 2.24) is 14.9 Å². The minimum atomic E-state index is -0.600. The summed E-state index contributed by atoms with van der Waals surface area (Å²) in [6.45, 7) is -0.119. The van der Waals surface area contributed by atoms with Crippen LogP contribution in [0.15, 0.2) is 59.7 Å². The zero-order chi connectivity index (χ0) is 19.9. The van der Waals surface area contributed by atoms with Crippen LogP contribution in [0.1, 0.15) is 12.0 Å². The van der Waals surface area contributed by atoms with Crippen LogP contribution in [0.3, 0.4) is 0 Å². The molecule has 0 radical (unpaired) electrons. The number of amides is 1. The minimum absolute atomic E-state index is 0.0643. The number of aromatic nitrogens is 2. The van der Waals surface area contributed by atoms with Crippen LogP contribution in [0.5, 0.6) is 0 Å². The lowest BCUT2D eigenvalue weighted by atomic mass is 10.2. The highest BCUT2D eigenvalue weighted by Gasteiger charge is 2.10. The smallest absolute Gasteiger partial charge is 0.308 e. The Morgan fingerprint density at radius 2 is 1.86 bits per heavy atom. The Labute approximate surface area is 159 Å². The molecule has 0 spiro atoms. The number of halogens is 1. The SMILES string of the molecule is O=C(COC(=O)CCn1cnc2ccccc2c1=O)NCc1ccc(F)cc1. The van der Waals surface area contributed by atoms with Crippen molar-refractivity contribution in [3.8, 4) is 0 Å². The number of para-hydroxylation sites is 1. The second-order valence-corrected chi connectivity index (χ2v) is 6.07. The highest BCUT2D eigenvalue weighted by atomic mass is 19.1. The molecule has 0 saturated heterocycles. The number of carbonyl (C=O) groups is 2. The summed E-state index contributed by atoms with van der Waals surface area (Å²) in [6, 6.07) is 12.6. The molecular formula is C20H18FN3O4. The van der Waals surface area contributed by atoms with Gasteiger partial charge in [0.2, 0.25) is 0 Å². The van der Waals surface area contributed by atoms with Crippen molar-refractivity contribution in [1.29, 1.82) is 0 Å². The second-order valence-electron chi connectivity index (χ2n) is 6.07. The molecule has 1 aromatic heterocycles. The standard InChI is InChI=1S/C20H18FN3O4/c21-15-7-5-14(6-8-15)11-22-18(25)12-28-19(26)9-10-24-13-23-17-4-2-1-3-16(17)20(24)27/h1-8,13H,9-12H2,(H,22,25). The zero-order valence-corrected chi connectivity index (χ0v) is 14.9. The number of benzene rings is 2. The maximum Gasteiger partial charge on any atom is 0.308 e. The summed E-state index contributed by atoms with van der Waals surface area (Å²) in [7, 11) is 0. The van der Waals surface area contributed by atoms with Crippen LogP contribution in [0, 0.1) is 5.82 Å². The monoisotopic (exact) mass is 383 g/mol. The number of esters is 1. The summed E-state index contributed by atoms with van der Waals surface area (Å²) in [6.07, 6.45) is 1.32. The molecule has 0 atom stereocenters. The van der Waals surface area contributed by atoms with Crippen LogP contribution in [-0.4, -0.2) is 28.0 Å². The number of carbonyl (C=O) groups excluding carboxylic acids is 2. The first-order valence-electron chi connectivity index (χ1n) is 8.64. The van der Waals surface area contributed by atoms with Gasteiger partial charge in [0, 0.05) is 13.1 Å². The summed E-state index contributed by atoms with van der Waals surface area (Å²) in [5.41, 5.74) is 1.07. The van der Waals surface area contributed by atoms with Crippen LogP contribution < -0.4 is 10.9 Å². The third kappa shape index (κ3) is 5.00. The number of rotatable bonds is 7. The van der Waals surface area contributed by atoms with E-state index in [1.165, 1.54) is 23.0 Å². The third-order valence-electron chi connectivity index (χ3n) is 4.06. The molecular weight excluding hydrogens is 365 g/mol. The molecule has 1 N–H and O–H groups in total. The maximum absolute atomic E-state index is 12.8. The van der Waals surface area contributed by atoms with Crippen molar-refractivity contribution in [3.05, 3.63) is 76.6 Å². The highest BCUT2D eigenvalue weighted by Crippen LogP contribution is 2.05. The number of hydrogen-bond donors (Lipinski definition) is 1. The van der Waals surface area contributed by atoms with E-state index in [9.17, 15) is 18.8 Å².